The Morgan fingerprint density at radius 1 is 1.18 bits per heavy atom. The van der Waals surface area contributed by atoms with Gasteiger partial charge in [0.2, 0.25) is 11.9 Å². The number of hydrogen-bond acceptors (Lipinski definition) is 6. The number of morpholine rings is 1. The lowest BCUT2D eigenvalue weighted by Crippen LogP contribution is -2.38. The van der Waals surface area contributed by atoms with Crippen LogP contribution in [0.1, 0.15) is 49.2 Å². The average molecular weight is 390 g/mol. The van der Waals surface area contributed by atoms with E-state index in [4.69, 9.17) is 9.72 Å². The van der Waals surface area contributed by atoms with Crippen molar-refractivity contribution < 1.29 is 14.3 Å². The van der Waals surface area contributed by atoms with E-state index in [-0.39, 0.29) is 11.8 Å². The topological polar surface area (TPSA) is 87.7 Å². The second kappa shape index (κ2) is 9.82. The molecule has 1 N–H and O–H groups in total. The molecule has 0 spiro atoms. The van der Waals surface area contributed by atoms with Crippen LogP contribution in [0.5, 0.6) is 0 Å². The Balaban J connectivity index is 1.73. The summed E-state index contributed by atoms with van der Waals surface area (Å²) in [6.45, 7) is 8.86. The Hall–Kier alpha value is -2.22. The highest BCUT2D eigenvalue weighted by molar-refractivity contribution is 5.95. The first kappa shape index (κ1) is 20.5. The van der Waals surface area contributed by atoms with Crippen LogP contribution in [0.25, 0.3) is 0 Å². The lowest BCUT2D eigenvalue weighted by molar-refractivity contribution is -0.121. The Kier molecular flexibility index (Phi) is 7.19. The minimum Gasteiger partial charge on any atom is -0.378 e. The van der Waals surface area contributed by atoms with Gasteiger partial charge in [-0.1, -0.05) is 13.8 Å². The molecule has 2 amide bonds. The van der Waals surface area contributed by atoms with Crippen LogP contribution in [0, 0.1) is 5.92 Å². The van der Waals surface area contributed by atoms with Gasteiger partial charge in [0.25, 0.3) is 5.91 Å². The fourth-order valence-electron chi connectivity index (χ4n) is 3.55. The molecule has 0 aliphatic carbocycles. The molecule has 2 fully saturated rings. The summed E-state index contributed by atoms with van der Waals surface area (Å²) < 4.78 is 5.40. The average Bonchev–Trinajstić information content (AvgIpc) is 3.22. The normalized spacial score (nSPS) is 17.2. The van der Waals surface area contributed by atoms with Crippen molar-refractivity contribution in [3.63, 3.8) is 0 Å². The van der Waals surface area contributed by atoms with Crippen LogP contribution in [0.3, 0.4) is 0 Å². The molecular weight excluding hydrogens is 358 g/mol. The van der Waals surface area contributed by atoms with Gasteiger partial charge < -0.3 is 19.9 Å². The van der Waals surface area contributed by atoms with Gasteiger partial charge in [0, 0.05) is 51.8 Å². The second-order valence-corrected chi connectivity index (χ2v) is 7.83. The maximum absolute atomic E-state index is 12.9. The largest absolute Gasteiger partial charge is 0.378 e. The van der Waals surface area contributed by atoms with Crippen LogP contribution in [-0.2, 0) is 16.0 Å². The molecule has 28 heavy (non-hydrogen) atoms. The summed E-state index contributed by atoms with van der Waals surface area (Å²) in [6.07, 6.45) is 4.75. The Bertz CT molecular complexity index is 682. The van der Waals surface area contributed by atoms with Crippen molar-refractivity contribution in [1.29, 1.82) is 0 Å². The zero-order valence-corrected chi connectivity index (χ0v) is 16.9. The van der Waals surface area contributed by atoms with Crippen LogP contribution in [0.2, 0.25) is 0 Å². The number of aromatic nitrogens is 2. The van der Waals surface area contributed by atoms with Crippen LogP contribution >= 0.6 is 0 Å². The summed E-state index contributed by atoms with van der Waals surface area (Å²) in [7, 11) is 0. The first-order chi connectivity index (χ1) is 13.5. The molecule has 0 bridgehead atoms. The van der Waals surface area contributed by atoms with Gasteiger partial charge in [-0.2, -0.15) is 0 Å². The number of rotatable bonds is 7. The minimum atomic E-state index is -0.00506. The number of carbonyl (C=O) groups excluding carboxylic acids is 2. The number of amides is 2. The number of nitrogens with one attached hydrogen (secondary N) is 1. The SMILES string of the molecule is CC(C)CC(=O)NCCc1nc(N2CCOCC2)ncc1C(=O)N1CCCC1. The predicted molar refractivity (Wildman–Crippen MR) is 106 cm³/mol. The van der Waals surface area contributed by atoms with Gasteiger partial charge in [-0.25, -0.2) is 9.97 Å². The number of carbonyl (C=O) groups is 2. The Labute approximate surface area is 166 Å². The molecule has 3 rings (SSSR count). The first-order valence-corrected chi connectivity index (χ1v) is 10.3. The van der Waals surface area contributed by atoms with E-state index >= 15 is 0 Å². The molecule has 0 saturated carbocycles. The standard InChI is InChI=1S/C20H31N5O3/c1-15(2)13-18(26)21-6-5-17-16(19(27)24-7-3-4-8-24)14-22-20(23-17)25-9-11-28-12-10-25/h14-15H,3-13H2,1-2H3,(H,21,26). The Morgan fingerprint density at radius 3 is 2.57 bits per heavy atom. The van der Waals surface area contributed by atoms with Crippen LogP contribution in [-0.4, -0.2) is 72.6 Å². The van der Waals surface area contributed by atoms with E-state index < -0.39 is 0 Å². The molecule has 1 aromatic rings. The fraction of sp³-hybridized carbons (Fsp3) is 0.700. The quantitative estimate of drug-likeness (QED) is 0.755. The highest BCUT2D eigenvalue weighted by atomic mass is 16.5. The van der Waals surface area contributed by atoms with E-state index in [0.29, 0.717) is 55.7 Å². The number of hydrogen-bond donors (Lipinski definition) is 1. The molecule has 8 nitrogen and oxygen atoms in total. The molecule has 1 aromatic heterocycles. The summed E-state index contributed by atoms with van der Waals surface area (Å²) >= 11 is 0. The van der Waals surface area contributed by atoms with Gasteiger partial charge in [-0.15, -0.1) is 0 Å². The molecule has 8 heteroatoms. The summed E-state index contributed by atoms with van der Waals surface area (Å²) in [4.78, 5) is 38.0. The van der Waals surface area contributed by atoms with E-state index in [1.54, 1.807) is 6.20 Å². The molecule has 2 saturated heterocycles. The van der Waals surface area contributed by atoms with E-state index in [9.17, 15) is 9.59 Å². The number of anilines is 1. The summed E-state index contributed by atoms with van der Waals surface area (Å²) in [5.74, 6) is 0.975. The maximum Gasteiger partial charge on any atom is 0.257 e. The van der Waals surface area contributed by atoms with Crippen LogP contribution in [0.4, 0.5) is 5.95 Å². The van der Waals surface area contributed by atoms with Gasteiger partial charge in [0.05, 0.1) is 24.5 Å². The van der Waals surface area contributed by atoms with Crippen molar-refractivity contribution in [1.82, 2.24) is 20.2 Å². The monoisotopic (exact) mass is 389 g/mol. The third kappa shape index (κ3) is 5.41. The smallest absolute Gasteiger partial charge is 0.257 e. The molecule has 3 heterocycles. The molecule has 2 aliphatic rings. The van der Waals surface area contributed by atoms with E-state index in [0.717, 1.165) is 39.0 Å². The van der Waals surface area contributed by atoms with Crippen LogP contribution < -0.4 is 10.2 Å². The molecule has 0 radical (unpaired) electrons. The first-order valence-electron chi connectivity index (χ1n) is 10.3. The number of likely N-dealkylation sites (tertiary alicyclic amines) is 1. The highest BCUT2D eigenvalue weighted by Gasteiger charge is 2.24. The number of ether oxygens (including phenoxy) is 1. The highest BCUT2D eigenvalue weighted by Crippen LogP contribution is 2.18. The molecular formula is C20H31N5O3. The second-order valence-electron chi connectivity index (χ2n) is 7.83. The third-order valence-electron chi connectivity index (χ3n) is 5.05. The lowest BCUT2D eigenvalue weighted by atomic mass is 10.1. The fourth-order valence-corrected chi connectivity index (χ4v) is 3.55. The number of nitrogens with zero attached hydrogens (tertiary/aromatic N) is 4. The maximum atomic E-state index is 12.9. The molecule has 154 valence electrons. The molecule has 0 unspecified atom stereocenters. The zero-order valence-electron chi connectivity index (χ0n) is 16.9. The lowest BCUT2D eigenvalue weighted by Gasteiger charge is -2.27. The molecule has 0 aromatic carbocycles. The van der Waals surface area contributed by atoms with Crippen LogP contribution in [0.15, 0.2) is 6.20 Å². The van der Waals surface area contributed by atoms with E-state index in [1.165, 1.54) is 0 Å². The summed E-state index contributed by atoms with van der Waals surface area (Å²) in [6, 6.07) is 0. The van der Waals surface area contributed by atoms with Gasteiger partial charge in [0.1, 0.15) is 0 Å². The van der Waals surface area contributed by atoms with Crippen molar-refractivity contribution in [2.75, 3.05) is 50.8 Å². The van der Waals surface area contributed by atoms with Crippen molar-refractivity contribution in [2.45, 2.75) is 39.5 Å². The van der Waals surface area contributed by atoms with Crippen molar-refractivity contribution in [3.05, 3.63) is 17.5 Å². The predicted octanol–water partition coefficient (Wildman–Crippen LogP) is 1.25. The molecule has 0 atom stereocenters. The minimum absolute atomic E-state index is 0.00506. The third-order valence-corrected chi connectivity index (χ3v) is 5.05. The van der Waals surface area contributed by atoms with Gasteiger partial charge in [-0.3, -0.25) is 9.59 Å². The van der Waals surface area contributed by atoms with Gasteiger partial charge >= 0.3 is 0 Å². The summed E-state index contributed by atoms with van der Waals surface area (Å²) in [5.41, 5.74) is 1.26. The van der Waals surface area contributed by atoms with Crippen molar-refractivity contribution >= 4 is 17.8 Å². The van der Waals surface area contributed by atoms with E-state index in [1.807, 2.05) is 18.7 Å². The van der Waals surface area contributed by atoms with E-state index in [2.05, 4.69) is 15.2 Å². The van der Waals surface area contributed by atoms with Crippen molar-refractivity contribution in [2.24, 2.45) is 5.92 Å². The summed E-state index contributed by atoms with van der Waals surface area (Å²) in [5, 5.41) is 2.94. The van der Waals surface area contributed by atoms with Gasteiger partial charge in [-0.05, 0) is 18.8 Å². The Morgan fingerprint density at radius 2 is 1.89 bits per heavy atom. The zero-order chi connectivity index (χ0) is 19.9. The van der Waals surface area contributed by atoms with Crippen molar-refractivity contribution in [3.8, 4) is 0 Å². The van der Waals surface area contributed by atoms with Gasteiger partial charge in [0.15, 0.2) is 0 Å². The molecule has 2 aliphatic heterocycles.